The topological polar surface area (TPSA) is 47.1 Å². The second-order valence-electron chi connectivity index (χ2n) is 5.79. The van der Waals surface area contributed by atoms with Crippen LogP contribution in [-0.2, 0) is 0 Å². The van der Waals surface area contributed by atoms with Crippen molar-refractivity contribution < 1.29 is 9.47 Å². The molecule has 0 bridgehead atoms. The van der Waals surface area contributed by atoms with Crippen LogP contribution in [0.4, 0.5) is 0 Å². The predicted molar refractivity (Wildman–Crippen MR) is 96.9 cm³/mol. The van der Waals surface area contributed by atoms with Crippen molar-refractivity contribution in [3.8, 4) is 22.8 Å². The van der Waals surface area contributed by atoms with Crippen LogP contribution in [0.3, 0.4) is 0 Å². The number of aromatic amines is 1. The highest BCUT2D eigenvalue weighted by Crippen LogP contribution is 2.34. The van der Waals surface area contributed by atoms with Gasteiger partial charge < -0.3 is 14.5 Å². The van der Waals surface area contributed by atoms with Gasteiger partial charge in [0.05, 0.1) is 25.4 Å². The lowest BCUT2D eigenvalue weighted by Gasteiger charge is -2.06. The first kappa shape index (κ1) is 14.6. The largest absolute Gasteiger partial charge is 0.497 e. The van der Waals surface area contributed by atoms with E-state index in [-0.39, 0.29) is 0 Å². The summed E-state index contributed by atoms with van der Waals surface area (Å²) < 4.78 is 10.7. The fourth-order valence-corrected chi connectivity index (χ4v) is 3.13. The third kappa shape index (κ3) is 2.27. The molecule has 4 heteroatoms. The highest BCUT2D eigenvalue weighted by Gasteiger charge is 2.13. The Morgan fingerprint density at radius 1 is 0.875 bits per heavy atom. The van der Waals surface area contributed by atoms with Crippen molar-refractivity contribution >= 4 is 21.8 Å². The lowest BCUT2D eigenvalue weighted by molar-refractivity contribution is 0.415. The number of hydrogen-bond acceptors (Lipinski definition) is 3. The van der Waals surface area contributed by atoms with Crippen molar-refractivity contribution in [3.05, 3.63) is 54.2 Å². The van der Waals surface area contributed by atoms with E-state index in [4.69, 9.17) is 14.5 Å². The van der Waals surface area contributed by atoms with Gasteiger partial charge in [0.15, 0.2) is 0 Å². The summed E-state index contributed by atoms with van der Waals surface area (Å²) in [7, 11) is 3.35. The van der Waals surface area contributed by atoms with Gasteiger partial charge in [0, 0.05) is 27.5 Å². The SMILES string of the molecule is COc1ccc2nc(-c3c(C)[nH]c4ccc(OC)cc34)ccc2c1. The maximum atomic E-state index is 5.37. The number of H-pyrrole nitrogens is 1. The Kier molecular flexibility index (Phi) is 3.38. The number of pyridine rings is 1. The third-order valence-electron chi connectivity index (χ3n) is 4.35. The van der Waals surface area contributed by atoms with Gasteiger partial charge in [-0.15, -0.1) is 0 Å². The van der Waals surface area contributed by atoms with Crippen LogP contribution in [0.15, 0.2) is 48.5 Å². The predicted octanol–water partition coefficient (Wildman–Crippen LogP) is 4.71. The number of hydrogen-bond donors (Lipinski definition) is 1. The molecule has 0 radical (unpaired) electrons. The molecule has 24 heavy (non-hydrogen) atoms. The molecule has 2 aromatic carbocycles. The normalized spacial score (nSPS) is 11.1. The van der Waals surface area contributed by atoms with Crippen LogP contribution in [0.1, 0.15) is 5.69 Å². The molecule has 0 aliphatic rings. The van der Waals surface area contributed by atoms with E-state index in [9.17, 15) is 0 Å². The second kappa shape index (κ2) is 5.57. The van der Waals surface area contributed by atoms with Crippen LogP contribution < -0.4 is 9.47 Å². The van der Waals surface area contributed by atoms with E-state index < -0.39 is 0 Å². The number of aromatic nitrogens is 2. The number of fused-ring (bicyclic) bond motifs is 2. The molecule has 0 atom stereocenters. The number of methoxy groups -OCH3 is 2. The molecule has 4 nitrogen and oxygen atoms in total. The Bertz CT molecular complexity index is 1050. The van der Waals surface area contributed by atoms with Crippen molar-refractivity contribution in [3.63, 3.8) is 0 Å². The van der Waals surface area contributed by atoms with Crippen molar-refractivity contribution in [1.29, 1.82) is 0 Å². The Balaban J connectivity index is 1.93. The van der Waals surface area contributed by atoms with E-state index in [2.05, 4.69) is 24.0 Å². The van der Waals surface area contributed by atoms with Crippen molar-refractivity contribution in [2.24, 2.45) is 0 Å². The molecule has 4 rings (SSSR count). The van der Waals surface area contributed by atoms with Crippen molar-refractivity contribution in [2.75, 3.05) is 14.2 Å². The second-order valence-corrected chi connectivity index (χ2v) is 5.79. The summed E-state index contributed by atoms with van der Waals surface area (Å²) in [5.74, 6) is 1.68. The van der Waals surface area contributed by atoms with Gasteiger partial charge in [0.1, 0.15) is 11.5 Å². The number of rotatable bonds is 3. The van der Waals surface area contributed by atoms with E-state index >= 15 is 0 Å². The molecular formula is C20H18N2O2. The van der Waals surface area contributed by atoms with E-state index in [1.54, 1.807) is 14.2 Å². The fourth-order valence-electron chi connectivity index (χ4n) is 3.13. The maximum Gasteiger partial charge on any atom is 0.119 e. The molecule has 120 valence electrons. The van der Waals surface area contributed by atoms with Crippen LogP contribution in [0, 0.1) is 6.92 Å². The van der Waals surface area contributed by atoms with Gasteiger partial charge >= 0.3 is 0 Å². The lowest BCUT2D eigenvalue weighted by Crippen LogP contribution is -1.88. The minimum Gasteiger partial charge on any atom is -0.497 e. The number of nitrogens with zero attached hydrogens (tertiary/aromatic N) is 1. The molecule has 0 fully saturated rings. The number of ether oxygens (including phenoxy) is 2. The molecule has 2 aromatic heterocycles. The average Bonchev–Trinajstić information content (AvgIpc) is 2.95. The summed E-state index contributed by atoms with van der Waals surface area (Å²) in [6.07, 6.45) is 0. The molecule has 0 aliphatic carbocycles. The molecule has 4 aromatic rings. The monoisotopic (exact) mass is 318 g/mol. The molecule has 0 spiro atoms. The van der Waals surface area contributed by atoms with Crippen molar-refractivity contribution in [1.82, 2.24) is 9.97 Å². The minimum atomic E-state index is 0.838. The van der Waals surface area contributed by atoms with Crippen LogP contribution >= 0.6 is 0 Å². The Morgan fingerprint density at radius 3 is 2.42 bits per heavy atom. The minimum absolute atomic E-state index is 0.838. The van der Waals surface area contributed by atoms with Crippen LogP contribution in [0.25, 0.3) is 33.1 Å². The summed E-state index contributed by atoms with van der Waals surface area (Å²) in [5, 5.41) is 2.18. The first-order valence-electron chi connectivity index (χ1n) is 7.81. The van der Waals surface area contributed by atoms with Crippen LogP contribution in [0.2, 0.25) is 0 Å². The molecule has 0 aliphatic heterocycles. The van der Waals surface area contributed by atoms with Gasteiger partial charge in [-0.25, -0.2) is 4.98 Å². The van der Waals surface area contributed by atoms with Gasteiger partial charge in [-0.05, 0) is 49.4 Å². The number of benzene rings is 2. The molecule has 2 heterocycles. The Labute approximate surface area is 140 Å². The van der Waals surface area contributed by atoms with E-state index in [0.29, 0.717) is 0 Å². The maximum absolute atomic E-state index is 5.37. The smallest absolute Gasteiger partial charge is 0.119 e. The number of nitrogens with one attached hydrogen (secondary N) is 1. The fraction of sp³-hybridized carbons (Fsp3) is 0.150. The van der Waals surface area contributed by atoms with Gasteiger partial charge in [0.2, 0.25) is 0 Å². The van der Waals surface area contributed by atoms with E-state index in [0.717, 1.165) is 50.3 Å². The van der Waals surface area contributed by atoms with E-state index in [1.165, 1.54) is 0 Å². The summed E-state index contributed by atoms with van der Waals surface area (Å²) in [6, 6.07) is 16.1. The average molecular weight is 318 g/mol. The Hall–Kier alpha value is -3.01. The quantitative estimate of drug-likeness (QED) is 0.595. The third-order valence-corrected chi connectivity index (χ3v) is 4.35. The van der Waals surface area contributed by atoms with E-state index in [1.807, 2.05) is 36.4 Å². The van der Waals surface area contributed by atoms with Crippen LogP contribution in [0.5, 0.6) is 11.5 Å². The first-order chi connectivity index (χ1) is 11.7. The van der Waals surface area contributed by atoms with Crippen LogP contribution in [-0.4, -0.2) is 24.2 Å². The highest BCUT2D eigenvalue weighted by molar-refractivity contribution is 5.98. The molecular weight excluding hydrogens is 300 g/mol. The molecule has 0 amide bonds. The Morgan fingerprint density at radius 2 is 1.62 bits per heavy atom. The highest BCUT2D eigenvalue weighted by atomic mass is 16.5. The first-order valence-corrected chi connectivity index (χ1v) is 7.81. The number of aryl methyl sites for hydroxylation is 1. The zero-order valence-corrected chi connectivity index (χ0v) is 13.9. The standard InChI is InChI=1S/C20H18N2O2/c1-12-20(16-11-15(24-3)6-9-18(16)21-12)19-7-4-13-10-14(23-2)5-8-17(13)22-19/h4-11,21H,1-3H3. The van der Waals surface area contributed by atoms with Gasteiger partial charge in [-0.3, -0.25) is 0 Å². The zero-order chi connectivity index (χ0) is 16.7. The molecule has 0 unspecified atom stereocenters. The summed E-state index contributed by atoms with van der Waals surface area (Å²) >= 11 is 0. The van der Waals surface area contributed by atoms with Gasteiger partial charge in [0.25, 0.3) is 0 Å². The van der Waals surface area contributed by atoms with Gasteiger partial charge in [-0.2, -0.15) is 0 Å². The summed E-state index contributed by atoms with van der Waals surface area (Å²) in [6.45, 7) is 2.07. The van der Waals surface area contributed by atoms with Crippen molar-refractivity contribution in [2.45, 2.75) is 6.92 Å². The van der Waals surface area contributed by atoms with Gasteiger partial charge in [-0.1, -0.05) is 6.07 Å². The summed E-state index contributed by atoms with van der Waals surface area (Å²) in [5.41, 5.74) is 5.19. The summed E-state index contributed by atoms with van der Waals surface area (Å²) in [4.78, 5) is 8.27. The lowest BCUT2D eigenvalue weighted by atomic mass is 10.1. The zero-order valence-electron chi connectivity index (χ0n) is 13.9. The molecule has 1 N–H and O–H groups in total. The molecule has 0 saturated heterocycles. The molecule has 0 saturated carbocycles.